The Labute approximate surface area is 160 Å². The van der Waals surface area contributed by atoms with E-state index in [0.29, 0.717) is 6.42 Å². The van der Waals surface area contributed by atoms with Gasteiger partial charge < -0.3 is 15.3 Å². The first kappa shape index (κ1) is 20.2. The van der Waals surface area contributed by atoms with Gasteiger partial charge in [0.25, 0.3) is 8.32 Å². The van der Waals surface area contributed by atoms with E-state index < -0.39 is 20.3 Å². The summed E-state index contributed by atoms with van der Waals surface area (Å²) >= 11 is 4.50. The molecule has 0 aliphatic heterocycles. The molecule has 1 atom stereocenters. The van der Waals surface area contributed by atoms with Crippen LogP contribution < -0.4 is 10.2 Å². The van der Waals surface area contributed by atoms with E-state index in [-0.39, 0.29) is 5.04 Å². The number of rotatable bonds is 5. The maximum absolute atomic E-state index is 10.9. The molecule has 0 spiro atoms. The smallest absolute Gasteiger partial charge is 0.320 e. The molecular weight excluding hydrogens is 524 g/mol. The molecule has 0 fully saturated rings. The number of carbonyl (C=O) groups is 1. The van der Waals surface area contributed by atoms with E-state index in [0.717, 1.165) is 18.5 Å². The maximum Gasteiger partial charge on any atom is 0.320 e. The number of benzene rings is 1. The normalized spacial score (nSPS) is 13.8. The highest BCUT2D eigenvalue weighted by Crippen LogP contribution is 2.40. The van der Waals surface area contributed by atoms with Crippen molar-refractivity contribution in [2.45, 2.75) is 51.4 Å². The van der Waals surface area contributed by atoms with Gasteiger partial charge in [0.1, 0.15) is 11.8 Å². The first-order valence-electron chi connectivity index (χ1n) is 7.00. The van der Waals surface area contributed by atoms with Gasteiger partial charge in [-0.15, -0.1) is 0 Å². The standard InChI is InChI=1S/C15H23I2NO3Si/c1-15(2,3)22(4,5)21-13-10(16)6-9(7-11(13)17)8-12(18)14(19)20/h6-7,12H,8,18H2,1-5H3,(H,19,20)/t12-/m0/s1. The third-order valence-electron chi connectivity index (χ3n) is 3.99. The number of aliphatic carboxylic acids is 1. The Kier molecular flexibility index (Phi) is 6.74. The van der Waals surface area contributed by atoms with E-state index in [4.69, 9.17) is 15.3 Å². The summed E-state index contributed by atoms with van der Waals surface area (Å²) in [6.07, 6.45) is 0.321. The average Bonchev–Trinajstić information content (AvgIpc) is 2.32. The molecule has 7 heteroatoms. The van der Waals surface area contributed by atoms with Gasteiger partial charge in [-0.05, 0) is 87.4 Å². The van der Waals surface area contributed by atoms with Crippen molar-refractivity contribution >= 4 is 59.5 Å². The van der Waals surface area contributed by atoms with Crippen LogP contribution in [0.15, 0.2) is 12.1 Å². The van der Waals surface area contributed by atoms with Crippen LogP contribution >= 0.6 is 45.2 Å². The molecule has 124 valence electrons. The molecule has 22 heavy (non-hydrogen) atoms. The number of halogens is 2. The van der Waals surface area contributed by atoms with E-state index in [1.165, 1.54) is 0 Å². The number of carboxylic acids is 1. The fourth-order valence-electron chi connectivity index (χ4n) is 1.58. The lowest BCUT2D eigenvalue weighted by molar-refractivity contribution is -0.138. The summed E-state index contributed by atoms with van der Waals surface area (Å²) < 4.78 is 8.42. The van der Waals surface area contributed by atoms with Crippen molar-refractivity contribution < 1.29 is 14.3 Å². The van der Waals surface area contributed by atoms with Crippen LogP contribution in [0, 0.1) is 7.14 Å². The van der Waals surface area contributed by atoms with Crippen LogP contribution in [0.5, 0.6) is 5.75 Å². The van der Waals surface area contributed by atoms with Gasteiger partial charge >= 0.3 is 5.97 Å². The van der Waals surface area contributed by atoms with Gasteiger partial charge in [0, 0.05) is 0 Å². The van der Waals surface area contributed by atoms with Crippen molar-refractivity contribution in [3.05, 3.63) is 24.8 Å². The Morgan fingerprint density at radius 1 is 1.32 bits per heavy atom. The van der Waals surface area contributed by atoms with E-state index in [2.05, 4.69) is 79.0 Å². The number of carboxylic acid groups (broad SMARTS) is 1. The lowest BCUT2D eigenvalue weighted by Gasteiger charge is -2.37. The molecule has 0 heterocycles. The van der Waals surface area contributed by atoms with Crippen LogP contribution in [-0.4, -0.2) is 25.4 Å². The number of hydrogen-bond donors (Lipinski definition) is 2. The van der Waals surface area contributed by atoms with Crippen LogP contribution in [0.4, 0.5) is 0 Å². The molecule has 0 aromatic heterocycles. The molecule has 3 N–H and O–H groups in total. The van der Waals surface area contributed by atoms with Crippen molar-refractivity contribution in [1.29, 1.82) is 0 Å². The predicted molar refractivity (Wildman–Crippen MR) is 109 cm³/mol. The molecule has 0 saturated carbocycles. The third kappa shape index (κ3) is 5.07. The lowest BCUT2D eigenvalue weighted by Crippen LogP contribution is -2.44. The Balaban J connectivity index is 3.08. The van der Waals surface area contributed by atoms with Gasteiger partial charge in [-0.2, -0.15) is 0 Å². The molecule has 0 amide bonds. The van der Waals surface area contributed by atoms with Gasteiger partial charge in [0.15, 0.2) is 0 Å². The largest absolute Gasteiger partial charge is 0.542 e. The average molecular weight is 547 g/mol. The first-order chi connectivity index (χ1) is 9.85. The van der Waals surface area contributed by atoms with Crippen LogP contribution in [0.1, 0.15) is 26.3 Å². The minimum absolute atomic E-state index is 0.128. The van der Waals surface area contributed by atoms with E-state index in [9.17, 15) is 4.79 Å². The minimum atomic E-state index is -1.90. The number of nitrogens with two attached hydrogens (primary N) is 1. The molecule has 1 aromatic carbocycles. The van der Waals surface area contributed by atoms with Crippen LogP contribution in [0.25, 0.3) is 0 Å². The Morgan fingerprint density at radius 2 is 1.77 bits per heavy atom. The van der Waals surface area contributed by atoms with Gasteiger partial charge in [0.05, 0.1) is 7.14 Å². The highest BCUT2D eigenvalue weighted by atomic mass is 127. The maximum atomic E-state index is 10.9. The van der Waals surface area contributed by atoms with Crippen molar-refractivity contribution in [2.24, 2.45) is 5.73 Å². The SMILES string of the molecule is CC(C)(C)[Si](C)(C)Oc1c(I)cc(C[C@H](N)C(=O)O)cc1I. The van der Waals surface area contributed by atoms with Crippen LogP contribution in [0.2, 0.25) is 18.1 Å². The zero-order valence-corrected chi connectivity index (χ0v) is 18.9. The molecule has 4 nitrogen and oxygen atoms in total. The van der Waals surface area contributed by atoms with E-state index in [1.54, 1.807) is 0 Å². The zero-order chi connectivity index (χ0) is 17.3. The van der Waals surface area contributed by atoms with Gasteiger partial charge in [-0.3, -0.25) is 4.79 Å². The third-order valence-corrected chi connectivity index (χ3v) is 9.92. The quantitative estimate of drug-likeness (QED) is 0.428. The molecule has 0 aliphatic rings. The predicted octanol–water partition coefficient (Wildman–Crippen LogP) is 4.23. The second-order valence-electron chi connectivity index (χ2n) is 6.90. The Morgan fingerprint density at radius 3 is 2.14 bits per heavy atom. The van der Waals surface area contributed by atoms with Crippen molar-refractivity contribution in [1.82, 2.24) is 0 Å². The van der Waals surface area contributed by atoms with Crippen LogP contribution in [-0.2, 0) is 11.2 Å². The highest BCUT2D eigenvalue weighted by molar-refractivity contribution is 14.1. The topological polar surface area (TPSA) is 72.5 Å². The number of hydrogen-bond acceptors (Lipinski definition) is 3. The molecule has 0 saturated heterocycles. The molecule has 1 rings (SSSR count). The molecule has 1 aromatic rings. The second kappa shape index (κ2) is 7.35. The summed E-state index contributed by atoms with van der Waals surface area (Å²) in [7, 11) is -1.90. The van der Waals surface area contributed by atoms with E-state index in [1.807, 2.05) is 12.1 Å². The monoisotopic (exact) mass is 547 g/mol. The first-order valence-corrected chi connectivity index (χ1v) is 12.1. The zero-order valence-electron chi connectivity index (χ0n) is 13.5. The lowest BCUT2D eigenvalue weighted by atomic mass is 10.1. The van der Waals surface area contributed by atoms with Gasteiger partial charge in [-0.25, -0.2) is 0 Å². The van der Waals surface area contributed by atoms with Crippen LogP contribution in [0.3, 0.4) is 0 Å². The summed E-state index contributed by atoms with van der Waals surface area (Å²) in [4.78, 5) is 10.9. The molecular formula is C15H23I2NO3Si. The van der Waals surface area contributed by atoms with Crippen molar-refractivity contribution in [2.75, 3.05) is 0 Å². The summed E-state index contributed by atoms with van der Waals surface area (Å²) in [5, 5.41) is 9.06. The molecule has 0 aliphatic carbocycles. The molecule has 0 radical (unpaired) electrons. The van der Waals surface area contributed by atoms with Gasteiger partial charge in [-0.1, -0.05) is 20.8 Å². The summed E-state index contributed by atoms with van der Waals surface area (Å²) in [6.45, 7) is 11.1. The van der Waals surface area contributed by atoms with Crippen molar-refractivity contribution in [3.8, 4) is 5.75 Å². The fraction of sp³-hybridized carbons (Fsp3) is 0.533. The summed E-state index contributed by atoms with van der Waals surface area (Å²) in [5.41, 5.74) is 6.54. The molecule has 0 bridgehead atoms. The highest BCUT2D eigenvalue weighted by Gasteiger charge is 2.39. The Hall–Kier alpha value is 0.127. The Bertz CT molecular complexity index is 547. The van der Waals surface area contributed by atoms with Gasteiger partial charge in [0.2, 0.25) is 0 Å². The minimum Gasteiger partial charge on any atom is -0.542 e. The van der Waals surface area contributed by atoms with E-state index >= 15 is 0 Å². The molecule has 0 unspecified atom stereocenters. The summed E-state index contributed by atoms with van der Waals surface area (Å²) in [5.74, 6) is -0.0768. The fourth-order valence-corrected chi connectivity index (χ4v) is 5.15. The summed E-state index contributed by atoms with van der Waals surface area (Å²) in [6, 6.07) is 3.06. The second-order valence-corrected chi connectivity index (χ2v) is 13.9. The van der Waals surface area contributed by atoms with Crippen molar-refractivity contribution in [3.63, 3.8) is 0 Å².